The highest BCUT2D eigenvalue weighted by Crippen LogP contribution is 2.26. The number of pyridine rings is 2. The van der Waals surface area contributed by atoms with Gasteiger partial charge < -0.3 is 0 Å². The number of nitrogens with zero attached hydrogens (tertiary/aromatic N) is 20. The minimum absolute atomic E-state index is 0.772. The van der Waals surface area contributed by atoms with Crippen LogP contribution in [0.2, 0.25) is 0 Å². The van der Waals surface area contributed by atoms with E-state index >= 15 is 0 Å². The third-order valence-corrected chi connectivity index (χ3v) is 18.6. The van der Waals surface area contributed by atoms with Gasteiger partial charge in [0.2, 0.25) is 0 Å². The van der Waals surface area contributed by atoms with Crippen LogP contribution in [-0.4, -0.2) is 111 Å². The molecule has 0 aliphatic carbocycles. The normalized spacial score (nSPS) is 11.7. The lowest BCUT2D eigenvalue weighted by molar-refractivity contribution is 0.750. The summed E-state index contributed by atoms with van der Waals surface area (Å²) in [5, 5.41) is 8.15. The molecular formula is C120H188N20. The van der Waals surface area contributed by atoms with Gasteiger partial charge in [-0.15, -0.1) is 0 Å². The molecule has 0 amide bonds. The second kappa shape index (κ2) is 93.5. The minimum atomic E-state index is 0.772. The molecule has 0 spiro atoms. The number of aromatic nitrogens is 14. The standard InChI is InChI=1S/C14H17N3.C13H16N4.2C13H17N3.C12H16N4.2C11H11N.C6H7N.C5H12.2C3H8.8C2H6/c1-3-4-5-14-15-9-8-13(17-14)12-7-6-11(2)16-10-12;1-3-4-5-13-14-7-6-12(17-13)11-8-15-10(2)16-9-11;1-3-4-5-13-14-7-6-12(16-13)11-8-10(2)15-9-11;1-3-4-5-13-14-9-8-12(16-13)11-7-6-10(2)15-11;1-3-4-5-12-13-7-6-10(14-12)11-8-9(2)15-16-11;1-9-11(7-8-12-9)10-5-3-2-4-6-10;1-9-7-8-11(12-9)10-5-3-2-4-6-10;1-6-4-2-3-5-7-6;1-3-5-4-2;2*1-3-2;8*1-2/h6-10H,3-5H2,1-2H3;6-9H,3-5H2,1-2H3;6-7,9H,3-5,8H2,1-2H3;7-9H,3-6H2,1-2H3;6-7H,3-5,8H2,1-2H3;2-7H,8H2,1H3;2-6,8H,7H2,1H3;2-5H,1H3;3-5H2,1-2H3;2*3H2,1-2H3;8*1-2H3. The van der Waals surface area contributed by atoms with E-state index in [9.17, 15) is 0 Å². The van der Waals surface area contributed by atoms with E-state index in [0.717, 1.165) is 235 Å². The molecule has 768 valence electrons. The Labute approximate surface area is 853 Å². The van der Waals surface area contributed by atoms with Crippen molar-refractivity contribution in [3.8, 4) is 22.5 Å². The molecule has 140 heavy (non-hydrogen) atoms. The Morgan fingerprint density at radius 1 is 0.279 bits per heavy atom. The third kappa shape index (κ3) is 62.3. The molecule has 5 aliphatic heterocycles. The first-order chi connectivity index (χ1) is 68.3. The zero-order valence-corrected chi connectivity index (χ0v) is 94.2. The van der Waals surface area contributed by atoms with E-state index in [1.54, 1.807) is 24.8 Å². The highest BCUT2D eigenvalue weighted by molar-refractivity contribution is 6.24. The van der Waals surface area contributed by atoms with Crippen molar-refractivity contribution < 1.29 is 0 Å². The smallest absolute Gasteiger partial charge is 0.129 e. The molecule has 20 heteroatoms. The highest BCUT2D eigenvalue weighted by atomic mass is 15.2. The molecular weight excluding hydrogens is 1720 g/mol. The maximum Gasteiger partial charge on any atom is 0.129 e. The van der Waals surface area contributed by atoms with Gasteiger partial charge >= 0.3 is 0 Å². The SMILES string of the molecule is CC.CC.CC.CC.CC.CC.CC.CC.CC1=NC(c2ccccc2)=CC1.CC1=NCC=C1c1ccccc1.CCC.CCC.CCCCC.CCCCc1nccc(-c2ccc(C)nc2)n1.CCCCc1nccc(-c2cnc(C)nc2)n1.CCCCc1nccc(C2=CCC(C)=N2)n1.CCCCc1nccc(C2=CN=C(C)C2)n1.CCCCc1nccc(C2=NN=C(C)C2)n1.Cc1ccccn1. The fraction of sp³-hybridized carbons (Fsp3) is 0.500. The first-order valence-electron chi connectivity index (χ1n) is 53.2. The molecule has 0 saturated carbocycles. The zero-order chi connectivity index (χ0) is 106. The molecule has 2 aromatic carbocycles. The predicted octanol–water partition coefficient (Wildman–Crippen LogP) is 34.3. The van der Waals surface area contributed by atoms with Gasteiger partial charge in [-0.25, -0.2) is 59.8 Å². The summed E-state index contributed by atoms with van der Waals surface area (Å²) in [4.78, 5) is 78.2. The van der Waals surface area contributed by atoms with E-state index in [2.05, 4.69) is 245 Å². The Hall–Kier alpha value is -11.8. The summed E-state index contributed by atoms with van der Waals surface area (Å²) in [5.74, 6) is 5.38. The maximum atomic E-state index is 4.57. The Bertz CT molecular complexity index is 4810. The van der Waals surface area contributed by atoms with Gasteiger partial charge in [-0.3, -0.25) is 29.9 Å². The number of hydrogen-bond donors (Lipinski definition) is 0. The van der Waals surface area contributed by atoms with Crippen molar-refractivity contribution >= 4 is 56.8 Å². The van der Waals surface area contributed by atoms with Crippen molar-refractivity contribution in [2.75, 3.05) is 6.54 Å². The molecule has 0 bridgehead atoms. The highest BCUT2D eigenvalue weighted by Gasteiger charge is 2.16. The number of aliphatic imine (C=N–C) groups is 4. The van der Waals surface area contributed by atoms with Crippen LogP contribution in [0.5, 0.6) is 0 Å². The van der Waals surface area contributed by atoms with Gasteiger partial charge in [-0.2, -0.15) is 10.2 Å². The van der Waals surface area contributed by atoms with Crippen molar-refractivity contribution in [3.63, 3.8) is 0 Å². The Kier molecular flexibility index (Phi) is 89.8. The van der Waals surface area contributed by atoms with Crippen LogP contribution in [0, 0.1) is 20.8 Å². The van der Waals surface area contributed by atoms with Crippen LogP contribution >= 0.6 is 0 Å². The lowest BCUT2D eigenvalue weighted by atomic mass is 10.0. The van der Waals surface area contributed by atoms with Crippen molar-refractivity contribution in [2.24, 2.45) is 30.2 Å². The molecule has 20 nitrogen and oxygen atoms in total. The molecule has 0 radical (unpaired) electrons. The van der Waals surface area contributed by atoms with Crippen LogP contribution < -0.4 is 0 Å². The van der Waals surface area contributed by atoms with Gasteiger partial charge in [0.05, 0.1) is 52.1 Å². The summed E-state index contributed by atoms with van der Waals surface area (Å²) in [7, 11) is 0. The molecule has 13 heterocycles. The van der Waals surface area contributed by atoms with Crippen molar-refractivity contribution in [2.45, 2.75) is 396 Å². The van der Waals surface area contributed by atoms with Gasteiger partial charge in [0.25, 0.3) is 0 Å². The summed E-state index contributed by atoms with van der Waals surface area (Å²) in [5.41, 5.74) is 22.6. The molecule has 10 aromatic rings. The van der Waals surface area contributed by atoms with Gasteiger partial charge in [-0.1, -0.05) is 336 Å². The molecule has 8 aromatic heterocycles. The quantitative estimate of drug-likeness (QED) is 0.0545. The molecule has 15 rings (SSSR count). The Morgan fingerprint density at radius 3 is 0.993 bits per heavy atom. The van der Waals surface area contributed by atoms with E-state index in [0.29, 0.717) is 0 Å². The number of unbranched alkanes of at least 4 members (excludes halogenated alkanes) is 7. The summed E-state index contributed by atoms with van der Waals surface area (Å²) < 4.78 is 0. The number of allylic oxidation sites excluding steroid dienone is 4. The summed E-state index contributed by atoms with van der Waals surface area (Å²) >= 11 is 0. The van der Waals surface area contributed by atoms with E-state index in [1.165, 1.54) is 79.4 Å². The summed E-state index contributed by atoms with van der Waals surface area (Å²) in [6.45, 7) is 72.7. The van der Waals surface area contributed by atoms with Gasteiger partial charge in [0.1, 0.15) is 34.9 Å². The van der Waals surface area contributed by atoms with Crippen LogP contribution in [0.15, 0.2) is 232 Å². The lowest BCUT2D eigenvalue weighted by Crippen LogP contribution is -2.07. The summed E-state index contributed by atoms with van der Waals surface area (Å²) in [6.07, 6.45) is 51.3. The van der Waals surface area contributed by atoms with Crippen molar-refractivity contribution in [1.82, 2.24) is 69.8 Å². The van der Waals surface area contributed by atoms with Crippen molar-refractivity contribution in [1.29, 1.82) is 0 Å². The van der Waals surface area contributed by atoms with Crippen LogP contribution in [0.1, 0.15) is 418 Å². The first-order valence-corrected chi connectivity index (χ1v) is 53.2. The fourth-order valence-corrected chi connectivity index (χ4v) is 11.8. The average Bonchev–Trinajstić information content (AvgIpc) is 1.11. The molecule has 0 fully saturated rings. The molecule has 0 unspecified atom stereocenters. The zero-order valence-electron chi connectivity index (χ0n) is 94.2. The van der Waals surface area contributed by atoms with E-state index in [1.807, 2.05) is 274 Å². The van der Waals surface area contributed by atoms with Crippen molar-refractivity contribution in [3.05, 3.63) is 276 Å². The monoisotopic (exact) mass is 1910 g/mol. The lowest BCUT2D eigenvalue weighted by Gasteiger charge is -2.03. The van der Waals surface area contributed by atoms with E-state index < -0.39 is 0 Å². The van der Waals surface area contributed by atoms with Gasteiger partial charge in [0, 0.05) is 182 Å². The van der Waals surface area contributed by atoms with E-state index in [-0.39, 0.29) is 0 Å². The van der Waals surface area contributed by atoms with Crippen LogP contribution in [0.4, 0.5) is 0 Å². The second-order valence-corrected chi connectivity index (χ2v) is 30.6. The Balaban J connectivity index is -0.000000732. The number of benzene rings is 2. The second-order valence-electron chi connectivity index (χ2n) is 30.6. The summed E-state index contributed by atoms with van der Waals surface area (Å²) in [6, 6.07) is 40.2. The topological polar surface area (TPSA) is 255 Å². The third-order valence-electron chi connectivity index (χ3n) is 18.6. The molecule has 0 N–H and O–H groups in total. The maximum absolute atomic E-state index is 4.57. The van der Waals surface area contributed by atoms with Gasteiger partial charge in [-0.05, 0) is 153 Å². The van der Waals surface area contributed by atoms with E-state index in [4.69, 9.17) is 0 Å². The van der Waals surface area contributed by atoms with Crippen LogP contribution in [-0.2, 0) is 32.1 Å². The van der Waals surface area contributed by atoms with Crippen LogP contribution in [0.3, 0.4) is 0 Å². The first kappa shape index (κ1) is 134. The van der Waals surface area contributed by atoms with Crippen LogP contribution in [0.25, 0.3) is 45.1 Å². The average molecular weight is 1910 g/mol. The predicted molar refractivity (Wildman–Crippen MR) is 614 cm³/mol. The fourth-order valence-electron chi connectivity index (χ4n) is 11.8. The molecule has 0 saturated heterocycles. The molecule has 5 aliphatic rings. The number of rotatable bonds is 24. The minimum Gasteiger partial charge on any atom is -0.285 e. The largest absolute Gasteiger partial charge is 0.285 e. The Morgan fingerprint density at radius 2 is 0.650 bits per heavy atom. The van der Waals surface area contributed by atoms with Gasteiger partial charge in [0.15, 0.2) is 0 Å². The number of aryl methyl sites for hydroxylation is 8. The number of hydrogen-bond acceptors (Lipinski definition) is 20. The molecule has 0 atom stereocenters.